The molecule has 3 amide bonds. The van der Waals surface area contributed by atoms with Crippen LogP contribution >= 0.6 is 0 Å². The molecule has 4 rings (SSSR count). The predicted octanol–water partition coefficient (Wildman–Crippen LogP) is 3.20. The van der Waals surface area contributed by atoms with E-state index in [2.05, 4.69) is 10.5 Å². The van der Waals surface area contributed by atoms with Crippen LogP contribution in [0, 0.1) is 6.92 Å². The van der Waals surface area contributed by atoms with Gasteiger partial charge in [-0.25, -0.2) is 4.79 Å². The molecule has 3 aromatic rings. The van der Waals surface area contributed by atoms with Gasteiger partial charge in [0.2, 0.25) is 5.91 Å². The molecular weight excluding hydrogens is 346 g/mol. The van der Waals surface area contributed by atoms with Gasteiger partial charge < -0.3 is 9.26 Å². The molecule has 1 fully saturated rings. The van der Waals surface area contributed by atoms with Crippen LogP contribution < -0.4 is 15.0 Å². The van der Waals surface area contributed by atoms with E-state index in [1.807, 2.05) is 49.4 Å². The van der Waals surface area contributed by atoms with Crippen LogP contribution in [0.2, 0.25) is 0 Å². The molecule has 0 aliphatic carbocycles. The normalized spacial score (nSPS) is 14.5. The molecule has 1 saturated heterocycles. The van der Waals surface area contributed by atoms with Gasteiger partial charge in [-0.2, -0.15) is 0 Å². The van der Waals surface area contributed by atoms with Crippen molar-refractivity contribution >= 4 is 28.7 Å². The summed E-state index contributed by atoms with van der Waals surface area (Å²) in [4.78, 5) is 24.7. The van der Waals surface area contributed by atoms with Crippen molar-refractivity contribution in [3.05, 3.63) is 53.6 Å². The third kappa shape index (κ3) is 3.62. The Balaban J connectivity index is 1.45. The SMILES string of the molecule is Cc1ccc(OCCc2ccc3c(N4CCC(=O)NC4=O)noc3c2)cc1. The van der Waals surface area contributed by atoms with E-state index in [1.54, 1.807) is 0 Å². The van der Waals surface area contributed by atoms with Gasteiger partial charge in [-0.3, -0.25) is 15.0 Å². The molecule has 1 aliphatic rings. The monoisotopic (exact) mass is 365 g/mol. The number of nitrogens with zero attached hydrogens (tertiary/aromatic N) is 2. The Morgan fingerprint density at radius 1 is 1.19 bits per heavy atom. The van der Waals surface area contributed by atoms with E-state index < -0.39 is 6.03 Å². The maximum atomic E-state index is 12.0. The van der Waals surface area contributed by atoms with Crippen molar-refractivity contribution in [3.8, 4) is 5.75 Å². The second-order valence-electron chi connectivity index (χ2n) is 6.50. The lowest BCUT2D eigenvalue weighted by atomic mass is 10.1. The molecule has 2 heterocycles. The van der Waals surface area contributed by atoms with Crippen LogP contribution in [0.4, 0.5) is 10.6 Å². The molecule has 1 aliphatic heterocycles. The second-order valence-corrected chi connectivity index (χ2v) is 6.50. The largest absolute Gasteiger partial charge is 0.493 e. The fraction of sp³-hybridized carbons (Fsp3) is 0.250. The minimum atomic E-state index is -0.475. The third-order valence-corrected chi connectivity index (χ3v) is 4.51. The van der Waals surface area contributed by atoms with E-state index in [4.69, 9.17) is 9.26 Å². The number of rotatable bonds is 5. The highest BCUT2D eigenvalue weighted by Gasteiger charge is 2.28. The average molecular weight is 365 g/mol. The lowest BCUT2D eigenvalue weighted by Crippen LogP contribution is -2.49. The van der Waals surface area contributed by atoms with Crippen LogP contribution in [0.15, 0.2) is 47.0 Å². The number of nitrogens with one attached hydrogen (secondary N) is 1. The van der Waals surface area contributed by atoms with Crippen molar-refractivity contribution < 1.29 is 18.8 Å². The van der Waals surface area contributed by atoms with E-state index in [-0.39, 0.29) is 12.3 Å². The van der Waals surface area contributed by atoms with Crippen molar-refractivity contribution in [1.82, 2.24) is 10.5 Å². The fourth-order valence-electron chi connectivity index (χ4n) is 3.01. The highest BCUT2D eigenvalue weighted by atomic mass is 16.5. The third-order valence-electron chi connectivity index (χ3n) is 4.51. The number of aryl methyl sites for hydroxylation is 1. The second kappa shape index (κ2) is 7.11. The number of ether oxygens (including phenoxy) is 1. The fourth-order valence-corrected chi connectivity index (χ4v) is 3.01. The van der Waals surface area contributed by atoms with E-state index in [0.29, 0.717) is 24.6 Å². The molecule has 0 saturated carbocycles. The number of aromatic nitrogens is 1. The number of anilines is 1. The van der Waals surface area contributed by atoms with Gasteiger partial charge in [-0.1, -0.05) is 28.9 Å². The lowest BCUT2D eigenvalue weighted by molar-refractivity contribution is -0.120. The number of fused-ring (bicyclic) bond motifs is 1. The number of amides is 3. The summed E-state index contributed by atoms with van der Waals surface area (Å²) in [7, 11) is 0. The summed E-state index contributed by atoms with van der Waals surface area (Å²) in [5.41, 5.74) is 2.85. The molecule has 1 aromatic heterocycles. The maximum Gasteiger partial charge on any atom is 0.329 e. The minimum Gasteiger partial charge on any atom is -0.493 e. The van der Waals surface area contributed by atoms with Crippen LogP contribution in [0.1, 0.15) is 17.5 Å². The summed E-state index contributed by atoms with van der Waals surface area (Å²) < 4.78 is 11.2. The summed E-state index contributed by atoms with van der Waals surface area (Å²) in [5.74, 6) is 0.992. The average Bonchev–Trinajstić information content (AvgIpc) is 3.06. The lowest BCUT2D eigenvalue weighted by Gasteiger charge is -2.24. The molecule has 27 heavy (non-hydrogen) atoms. The van der Waals surface area contributed by atoms with E-state index in [0.717, 1.165) is 23.1 Å². The summed E-state index contributed by atoms with van der Waals surface area (Å²) in [6, 6.07) is 13.2. The standard InChI is InChI=1S/C20H19N3O4/c1-13-2-5-15(6-3-13)26-11-9-14-4-7-16-17(12-14)27-22-19(16)23-10-8-18(24)21-20(23)25/h2-7,12H,8-11H2,1H3,(H,21,24,25). The number of urea groups is 1. The van der Waals surface area contributed by atoms with Crippen molar-refractivity contribution in [2.75, 3.05) is 18.1 Å². The highest BCUT2D eigenvalue weighted by Crippen LogP contribution is 2.28. The van der Waals surface area contributed by atoms with E-state index >= 15 is 0 Å². The molecule has 0 spiro atoms. The smallest absolute Gasteiger partial charge is 0.329 e. The molecule has 7 nitrogen and oxygen atoms in total. The quantitative estimate of drug-likeness (QED) is 0.750. The number of hydrogen-bond donors (Lipinski definition) is 1. The Kier molecular flexibility index (Phi) is 4.50. The highest BCUT2D eigenvalue weighted by molar-refractivity contribution is 6.08. The van der Waals surface area contributed by atoms with Gasteiger partial charge >= 0.3 is 6.03 Å². The number of hydrogen-bond acceptors (Lipinski definition) is 5. The van der Waals surface area contributed by atoms with Gasteiger partial charge in [0.1, 0.15) is 5.75 Å². The first-order chi connectivity index (χ1) is 13.1. The van der Waals surface area contributed by atoms with Gasteiger partial charge in [-0.15, -0.1) is 0 Å². The van der Waals surface area contributed by atoms with Crippen molar-refractivity contribution in [2.45, 2.75) is 19.8 Å². The maximum absolute atomic E-state index is 12.0. The molecular formula is C20H19N3O4. The van der Waals surface area contributed by atoms with Crippen LogP contribution in [-0.4, -0.2) is 30.2 Å². The Bertz CT molecular complexity index is 994. The number of carbonyl (C=O) groups is 2. The van der Waals surface area contributed by atoms with E-state index in [1.165, 1.54) is 10.5 Å². The first-order valence-electron chi connectivity index (χ1n) is 8.79. The van der Waals surface area contributed by atoms with Crippen LogP contribution in [0.5, 0.6) is 5.75 Å². The summed E-state index contributed by atoms with van der Waals surface area (Å²) >= 11 is 0. The molecule has 2 aromatic carbocycles. The summed E-state index contributed by atoms with van der Waals surface area (Å²) in [6.07, 6.45) is 0.965. The molecule has 0 radical (unpaired) electrons. The zero-order chi connectivity index (χ0) is 18.8. The molecule has 1 N–H and O–H groups in total. The minimum absolute atomic E-state index is 0.245. The van der Waals surface area contributed by atoms with Crippen LogP contribution in [0.3, 0.4) is 0 Å². The Morgan fingerprint density at radius 2 is 2.00 bits per heavy atom. The zero-order valence-electron chi connectivity index (χ0n) is 14.9. The first kappa shape index (κ1) is 17.1. The Labute approximate surface area is 155 Å². The number of benzene rings is 2. The zero-order valence-corrected chi connectivity index (χ0v) is 14.9. The summed E-state index contributed by atoms with van der Waals surface area (Å²) in [6.45, 7) is 2.88. The number of carbonyl (C=O) groups excluding carboxylic acids is 2. The van der Waals surface area contributed by atoms with Gasteiger partial charge in [0.15, 0.2) is 11.4 Å². The van der Waals surface area contributed by atoms with Crippen LogP contribution in [0.25, 0.3) is 11.0 Å². The Hall–Kier alpha value is -3.35. The van der Waals surface area contributed by atoms with Crippen LogP contribution in [-0.2, 0) is 11.2 Å². The first-order valence-corrected chi connectivity index (χ1v) is 8.79. The Morgan fingerprint density at radius 3 is 2.78 bits per heavy atom. The molecule has 0 unspecified atom stereocenters. The molecule has 7 heteroatoms. The predicted molar refractivity (Wildman–Crippen MR) is 99.9 cm³/mol. The van der Waals surface area contributed by atoms with Crippen molar-refractivity contribution in [2.24, 2.45) is 0 Å². The topological polar surface area (TPSA) is 84.7 Å². The van der Waals surface area contributed by atoms with Crippen molar-refractivity contribution in [3.63, 3.8) is 0 Å². The molecule has 0 bridgehead atoms. The molecule has 0 atom stereocenters. The van der Waals surface area contributed by atoms with Gasteiger partial charge in [0, 0.05) is 19.4 Å². The van der Waals surface area contributed by atoms with Crippen molar-refractivity contribution in [1.29, 1.82) is 0 Å². The number of imide groups is 1. The van der Waals surface area contributed by atoms with Gasteiger partial charge in [-0.05, 0) is 36.8 Å². The van der Waals surface area contributed by atoms with E-state index in [9.17, 15) is 9.59 Å². The summed E-state index contributed by atoms with van der Waals surface area (Å²) in [5, 5.41) is 7.05. The molecule has 138 valence electrons. The van der Waals surface area contributed by atoms with Gasteiger partial charge in [0.25, 0.3) is 0 Å². The van der Waals surface area contributed by atoms with Gasteiger partial charge in [0.05, 0.1) is 12.0 Å².